The fourth-order valence-corrected chi connectivity index (χ4v) is 2.10. The molecule has 5 nitrogen and oxygen atoms in total. The minimum atomic E-state index is -0.267. The highest BCUT2D eigenvalue weighted by Crippen LogP contribution is 2.25. The van der Waals surface area contributed by atoms with Crippen molar-refractivity contribution in [2.24, 2.45) is 5.73 Å². The first kappa shape index (κ1) is 15.8. The van der Waals surface area contributed by atoms with Crippen molar-refractivity contribution in [3.05, 3.63) is 56.4 Å². The first-order chi connectivity index (χ1) is 10.1. The minimum absolute atomic E-state index is 0.251. The molecule has 21 heavy (non-hydrogen) atoms. The third-order valence-electron chi connectivity index (χ3n) is 2.81. The number of nitrogens with two attached hydrogens (primary N) is 1. The van der Waals surface area contributed by atoms with Crippen molar-refractivity contribution in [3.63, 3.8) is 0 Å². The molecule has 0 aliphatic heterocycles. The van der Waals surface area contributed by atoms with Crippen molar-refractivity contribution in [2.45, 2.75) is 13.0 Å². The zero-order chi connectivity index (χ0) is 15.2. The van der Waals surface area contributed by atoms with Gasteiger partial charge in [-0.15, -0.1) is 0 Å². The van der Waals surface area contributed by atoms with Gasteiger partial charge in [-0.25, -0.2) is 4.68 Å². The van der Waals surface area contributed by atoms with E-state index in [0.717, 1.165) is 12.0 Å². The zero-order valence-electron chi connectivity index (χ0n) is 11.3. The van der Waals surface area contributed by atoms with Gasteiger partial charge in [0.15, 0.2) is 0 Å². The summed E-state index contributed by atoms with van der Waals surface area (Å²) in [6, 6.07) is 6.66. The molecule has 0 fully saturated rings. The Morgan fingerprint density at radius 1 is 1.33 bits per heavy atom. The van der Waals surface area contributed by atoms with Gasteiger partial charge >= 0.3 is 0 Å². The van der Waals surface area contributed by atoms with Crippen molar-refractivity contribution in [2.75, 3.05) is 13.2 Å². The highest BCUT2D eigenvalue weighted by molar-refractivity contribution is 6.42. The smallest absolute Gasteiger partial charge is 0.270 e. The van der Waals surface area contributed by atoms with Crippen LogP contribution in [0.25, 0.3) is 0 Å². The second-order valence-corrected chi connectivity index (χ2v) is 5.18. The van der Waals surface area contributed by atoms with E-state index >= 15 is 0 Å². The molecule has 0 bridgehead atoms. The quantitative estimate of drug-likeness (QED) is 0.826. The van der Waals surface area contributed by atoms with Crippen LogP contribution in [0.4, 0.5) is 0 Å². The van der Waals surface area contributed by atoms with E-state index in [-0.39, 0.29) is 12.1 Å². The Labute approximate surface area is 132 Å². The van der Waals surface area contributed by atoms with Crippen LogP contribution in [0.15, 0.2) is 35.3 Å². The fourth-order valence-electron chi connectivity index (χ4n) is 1.72. The molecule has 2 N–H and O–H groups in total. The molecule has 0 aliphatic rings. The summed E-state index contributed by atoms with van der Waals surface area (Å²) >= 11 is 12.0. The Morgan fingerprint density at radius 3 is 2.86 bits per heavy atom. The molecule has 2 aromatic rings. The maximum absolute atomic E-state index is 12.0. The van der Waals surface area contributed by atoms with Crippen molar-refractivity contribution in [1.29, 1.82) is 0 Å². The Hall–Kier alpha value is -1.56. The lowest BCUT2D eigenvalue weighted by Gasteiger charge is -2.09. The molecule has 0 amide bonds. The van der Waals surface area contributed by atoms with Gasteiger partial charge in [0.05, 0.1) is 29.4 Å². The van der Waals surface area contributed by atoms with Crippen LogP contribution in [0.5, 0.6) is 5.75 Å². The number of hydrogen-bond acceptors (Lipinski definition) is 4. The molecule has 0 spiro atoms. The zero-order valence-corrected chi connectivity index (χ0v) is 12.8. The molecule has 1 heterocycles. The van der Waals surface area contributed by atoms with E-state index in [1.807, 2.05) is 0 Å². The lowest BCUT2D eigenvalue weighted by molar-refractivity contribution is 0.309. The number of nitrogens with zero attached hydrogens (tertiary/aromatic N) is 2. The third-order valence-corrected chi connectivity index (χ3v) is 3.67. The van der Waals surface area contributed by atoms with E-state index in [1.54, 1.807) is 18.2 Å². The Morgan fingerprint density at radius 2 is 2.14 bits per heavy atom. The highest BCUT2D eigenvalue weighted by atomic mass is 35.5. The minimum Gasteiger partial charge on any atom is -0.492 e. The molecular formula is C14H15Cl2N3O2. The van der Waals surface area contributed by atoms with Crippen LogP contribution < -0.4 is 16.0 Å². The largest absolute Gasteiger partial charge is 0.492 e. The van der Waals surface area contributed by atoms with Gasteiger partial charge in [0, 0.05) is 6.07 Å². The van der Waals surface area contributed by atoms with E-state index in [0.29, 0.717) is 28.9 Å². The number of halogens is 2. The molecule has 0 aliphatic carbocycles. The first-order valence-corrected chi connectivity index (χ1v) is 7.20. The molecule has 0 saturated carbocycles. The summed E-state index contributed by atoms with van der Waals surface area (Å²) in [6.07, 6.45) is 2.22. The monoisotopic (exact) mass is 327 g/mol. The van der Waals surface area contributed by atoms with Gasteiger partial charge in [0.1, 0.15) is 5.75 Å². The topological polar surface area (TPSA) is 70.1 Å². The van der Waals surface area contributed by atoms with Gasteiger partial charge in [0.2, 0.25) is 0 Å². The average molecular weight is 328 g/mol. The second-order valence-electron chi connectivity index (χ2n) is 4.39. The Kier molecular flexibility index (Phi) is 5.61. The van der Waals surface area contributed by atoms with Crippen LogP contribution in [0.1, 0.15) is 12.0 Å². The van der Waals surface area contributed by atoms with Crippen LogP contribution in [-0.2, 0) is 6.54 Å². The molecule has 0 radical (unpaired) electrons. The Bertz CT molecular complexity index is 674. The third kappa shape index (κ3) is 4.20. The lowest BCUT2D eigenvalue weighted by Crippen LogP contribution is -2.23. The van der Waals surface area contributed by atoms with Crippen LogP contribution in [0, 0.1) is 0 Å². The molecule has 1 aromatic heterocycles. The van der Waals surface area contributed by atoms with Crippen LogP contribution in [0.3, 0.4) is 0 Å². The van der Waals surface area contributed by atoms with Crippen molar-refractivity contribution in [3.8, 4) is 5.75 Å². The number of hydrogen-bond donors (Lipinski definition) is 1. The van der Waals surface area contributed by atoms with E-state index in [4.69, 9.17) is 33.7 Å². The van der Waals surface area contributed by atoms with E-state index in [2.05, 4.69) is 5.10 Å². The molecule has 7 heteroatoms. The maximum atomic E-state index is 12.0. The summed E-state index contributed by atoms with van der Waals surface area (Å²) < 4.78 is 6.67. The number of benzene rings is 1. The second kappa shape index (κ2) is 7.45. The Balaban J connectivity index is 2.14. The van der Waals surface area contributed by atoms with E-state index in [9.17, 15) is 4.79 Å². The average Bonchev–Trinajstić information content (AvgIpc) is 2.47. The normalized spacial score (nSPS) is 10.6. The predicted octanol–water partition coefficient (Wildman–Crippen LogP) is 2.33. The molecule has 112 valence electrons. The van der Waals surface area contributed by atoms with E-state index in [1.165, 1.54) is 16.9 Å². The molecule has 2 rings (SSSR count). The van der Waals surface area contributed by atoms with Gasteiger partial charge in [-0.3, -0.25) is 4.79 Å². The first-order valence-electron chi connectivity index (χ1n) is 6.44. The summed E-state index contributed by atoms with van der Waals surface area (Å²) in [5, 5.41) is 4.94. The summed E-state index contributed by atoms with van der Waals surface area (Å²) in [5.74, 6) is 0.432. The van der Waals surface area contributed by atoms with Crippen molar-refractivity contribution < 1.29 is 4.74 Å². The van der Waals surface area contributed by atoms with Gasteiger partial charge in [-0.2, -0.15) is 5.10 Å². The number of rotatable bonds is 6. The molecular weight excluding hydrogens is 313 g/mol. The summed E-state index contributed by atoms with van der Waals surface area (Å²) in [4.78, 5) is 12.0. The summed E-state index contributed by atoms with van der Waals surface area (Å²) in [6.45, 7) is 1.25. The SMILES string of the molecule is NCCCOc1cnn(Cc2cccc(Cl)c2Cl)c(=O)c1. The molecule has 1 aromatic carbocycles. The number of ether oxygens (including phenoxy) is 1. The van der Waals surface area contributed by atoms with Crippen LogP contribution >= 0.6 is 23.2 Å². The molecule has 0 unspecified atom stereocenters. The van der Waals surface area contributed by atoms with Gasteiger partial charge in [-0.05, 0) is 24.6 Å². The number of aromatic nitrogens is 2. The van der Waals surface area contributed by atoms with Gasteiger partial charge < -0.3 is 10.5 Å². The van der Waals surface area contributed by atoms with Crippen LogP contribution in [-0.4, -0.2) is 22.9 Å². The fraction of sp³-hybridized carbons (Fsp3) is 0.286. The summed E-state index contributed by atoms with van der Waals surface area (Å²) in [5.41, 5.74) is 5.84. The van der Waals surface area contributed by atoms with Crippen molar-refractivity contribution in [1.82, 2.24) is 9.78 Å². The van der Waals surface area contributed by atoms with Crippen molar-refractivity contribution >= 4 is 23.2 Å². The maximum Gasteiger partial charge on any atom is 0.270 e. The highest BCUT2D eigenvalue weighted by Gasteiger charge is 2.07. The summed E-state index contributed by atoms with van der Waals surface area (Å²) in [7, 11) is 0. The molecule has 0 saturated heterocycles. The standard InChI is InChI=1S/C14H15Cl2N3O2/c15-12-4-1-3-10(14(12)16)9-19-13(20)7-11(8-18-19)21-6-2-5-17/h1,3-4,7-8H,2,5-6,9,17H2. The lowest BCUT2D eigenvalue weighted by atomic mass is 10.2. The van der Waals surface area contributed by atoms with Crippen LogP contribution in [0.2, 0.25) is 10.0 Å². The molecule has 0 atom stereocenters. The van der Waals surface area contributed by atoms with E-state index < -0.39 is 0 Å². The van der Waals surface area contributed by atoms with Gasteiger partial charge in [0.25, 0.3) is 5.56 Å². The predicted molar refractivity (Wildman–Crippen MR) is 83.2 cm³/mol. The van der Waals surface area contributed by atoms with Gasteiger partial charge in [-0.1, -0.05) is 35.3 Å².